The molecule has 0 aliphatic heterocycles. The molecule has 0 bridgehead atoms. The van der Waals surface area contributed by atoms with Gasteiger partial charge >= 0.3 is 308 Å². The Labute approximate surface area is 305 Å². The van der Waals surface area contributed by atoms with Crippen molar-refractivity contribution in [1.29, 1.82) is 0 Å². The van der Waals surface area contributed by atoms with E-state index in [-0.39, 0.29) is 6.86 Å². The summed E-state index contributed by atoms with van der Waals surface area (Å²) in [6.07, 6.45) is 20.8. The molecule has 4 radical (unpaired) electrons. The molecule has 0 spiro atoms. The molecular formula is C36H68O4S3Sn2. The van der Waals surface area contributed by atoms with Gasteiger partial charge in [-0.15, -0.1) is 0 Å². The third kappa shape index (κ3) is 12.8. The van der Waals surface area contributed by atoms with E-state index in [0.29, 0.717) is 9.79 Å². The Hall–Kier alpha value is 1.20. The van der Waals surface area contributed by atoms with E-state index in [1.165, 1.54) is 38.5 Å². The second kappa shape index (κ2) is 21.4. The van der Waals surface area contributed by atoms with Crippen LogP contribution in [0.25, 0.3) is 0 Å². The molecule has 4 nitrogen and oxygen atoms in total. The second-order valence-corrected chi connectivity index (χ2v) is 32.3. The molecule has 0 unspecified atom stereocenters. The van der Waals surface area contributed by atoms with E-state index in [1.807, 2.05) is 0 Å². The molecular weight excluding hydrogens is 830 g/mol. The van der Waals surface area contributed by atoms with Crippen molar-refractivity contribution in [3.63, 3.8) is 0 Å². The van der Waals surface area contributed by atoms with Crippen LogP contribution in [0.2, 0.25) is 6.86 Å². The average Bonchev–Trinajstić information content (AvgIpc) is 3.36. The van der Waals surface area contributed by atoms with Gasteiger partial charge in [-0.05, 0) is 0 Å². The first-order valence-electron chi connectivity index (χ1n) is 18.4. The molecule has 1 heterocycles. The molecule has 0 aliphatic rings. The SMILES string of the molecule is CCCC[C](CCCC)(CCCC)[Sn][c]1s[c]([Sn][C](CCCC)(CCCC)CCCC)c(S(=O)(=O)C(C)C)c1S(=O)(=O)C(C)C. The minimum absolute atomic E-state index is 0.183. The Kier molecular flexibility index (Phi) is 21.1. The molecule has 9 heteroatoms. The minimum atomic E-state index is -3.77. The quantitative estimate of drug-likeness (QED) is 0.0869. The Morgan fingerprint density at radius 1 is 0.489 bits per heavy atom. The Morgan fingerprint density at radius 2 is 0.711 bits per heavy atom. The van der Waals surface area contributed by atoms with Crippen molar-refractivity contribution in [2.75, 3.05) is 0 Å². The fourth-order valence-corrected chi connectivity index (χ4v) is 31.8. The van der Waals surface area contributed by atoms with Crippen LogP contribution in [0, 0.1) is 0 Å². The summed E-state index contributed by atoms with van der Waals surface area (Å²) >= 11 is -1.25. The molecule has 1 aromatic rings. The third-order valence-electron chi connectivity index (χ3n) is 9.44. The normalized spacial score (nSPS) is 13.4. The van der Waals surface area contributed by atoms with Crippen molar-refractivity contribution in [1.82, 2.24) is 0 Å². The van der Waals surface area contributed by atoms with E-state index in [9.17, 15) is 16.8 Å². The molecule has 0 aliphatic carbocycles. The number of rotatable bonds is 26. The Morgan fingerprint density at radius 3 is 0.889 bits per heavy atom. The van der Waals surface area contributed by atoms with E-state index in [0.717, 1.165) is 82.8 Å². The summed E-state index contributed by atoms with van der Waals surface area (Å²) in [5.41, 5.74) is 0. The van der Waals surface area contributed by atoms with Crippen molar-refractivity contribution in [3.8, 4) is 0 Å². The first-order valence-corrected chi connectivity index (χ1v) is 28.0. The van der Waals surface area contributed by atoms with Gasteiger partial charge in [0.2, 0.25) is 0 Å². The monoisotopic (exact) mass is 900 g/mol. The summed E-state index contributed by atoms with van der Waals surface area (Å²) in [7, 11) is -7.55. The maximum absolute atomic E-state index is 14.5. The van der Waals surface area contributed by atoms with Crippen LogP contribution in [-0.4, -0.2) is 69.6 Å². The summed E-state index contributed by atoms with van der Waals surface area (Å²) in [5, 5.41) is -1.27. The Balaban J connectivity index is 4.25. The molecule has 1 rings (SSSR count). The van der Waals surface area contributed by atoms with Crippen LogP contribution in [0.4, 0.5) is 0 Å². The summed E-state index contributed by atoms with van der Waals surface area (Å²) < 4.78 is 60.3. The summed E-state index contributed by atoms with van der Waals surface area (Å²) in [6.45, 7) is 20.6. The fraction of sp³-hybridized carbons (Fsp3) is 0.889. The van der Waals surface area contributed by atoms with Gasteiger partial charge in [-0.2, -0.15) is 0 Å². The zero-order valence-corrected chi connectivity index (χ0v) is 38.9. The molecule has 0 saturated carbocycles. The van der Waals surface area contributed by atoms with Crippen molar-refractivity contribution in [2.45, 2.75) is 212 Å². The predicted octanol–water partition coefficient (Wildman–Crippen LogP) is 10.2. The van der Waals surface area contributed by atoms with E-state index >= 15 is 0 Å². The molecule has 0 N–H and O–H groups in total. The van der Waals surface area contributed by atoms with E-state index in [2.05, 4.69) is 41.5 Å². The van der Waals surface area contributed by atoms with Crippen LogP contribution in [0.3, 0.4) is 0 Å². The maximum atomic E-state index is 14.5. The topological polar surface area (TPSA) is 68.3 Å². The van der Waals surface area contributed by atoms with Gasteiger partial charge in [0.05, 0.1) is 0 Å². The molecule has 0 atom stereocenters. The molecule has 0 amide bonds. The number of thiophene rings is 1. The van der Waals surface area contributed by atoms with Gasteiger partial charge in [0.25, 0.3) is 0 Å². The fourth-order valence-electron chi connectivity index (χ4n) is 6.25. The van der Waals surface area contributed by atoms with Crippen molar-refractivity contribution < 1.29 is 16.8 Å². The van der Waals surface area contributed by atoms with Crippen molar-refractivity contribution in [2.24, 2.45) is 0 Å². The third-order valence-corrected chi connectivity index (χ3v) is 29.3. The summed E-state index contributed by atoms with van der Waals surface area (Å²) in [6, 6.07) is 0. The Bertz CT molecular complexity index is 1050. The molecule has 1 aromatic heterocycles. The van der Waals surface area contributed by atoms with Gasteiger partial charge in [0, 0.05) is 0 Å². The molecule has 45 heavy (non-hydrogen) atoms. The zero-order chi connectivity index (χ0) is 34.3. The number of hydrogen-bond acceptors (Lipinski definition) is 5. The van der Waals surface area contributed by atoms with Crippen LogP contribution in [0.5, 0.6) is 0 Å². The van der Waals surface area contributed by atoms with Crippen LogP contribution in [-0.2, 0) is 19.7 Å². The zero-order valence-electron chi connectivity index (χ0n) is 30.7. The van der Waals surface area contributed by atoms with Gasteiger partial charge in [0.15, 0.2) is 0 Å². The first-order chi connectivity index (χ1) is 21.2. The van der Waals surface area contributed by atoms with E-state index in [1.54, 1.807) is 39.0 Å². The molecule has 0 aromatic carbocycles. The van der Waals surface area contributed by atoms with Gasteiger partial charge in [-0.25, -0.2) is 0 Å². The standard InChI is InChI=1S/2C13H27.C10H14O4S3.2Sn/c2*1-4-7-10-13(11-8-5-2)12-9-6-3;1-7(2)16(11,12)9-5-15-6-10(9)17(13,14)8(3)4;;/h2*4-12H2,1-3H3;7-8H,1-4H3;;. The predicted molar refractivity (Wildman–Crippen MR) is 202 cm³/mol. The second-order valence-electron chi connectivity index (χ2n) is 14.0. The number of unbranched alkanes of at least 4 members (excludes halogenated alkanes) is 6. The van der Waals surface area contributed by atoms with Gasteiger partial charge in [0.1, 0.15) is 0 Å². The van der Waals surface area contributed by atoms with Crippen LogP contribution < -0.4 is 5.79 Å². The van der Waals surface area contributed by atoms with Crippen LogP contribution in [0.1, 0.15) is 185 Å². The van der Waals surface area contributed by atoms with E-state index < -0.39 is 72.5 Å². The average molecular weight is 899 g/mol. The van der Waals surface area contributed by atoms with Gasteiger partial charge < -0.3 is 0 Å². The summed E-state index contributed by atoms with van der Waals surface area (Å²) in [5.74, 6) is 0. The van der Waals surface area contributed by atoms with Crippen molar-refractivity contribution >= 4 is 79.1 Å². The number of hydrogen-bond donors (Lipinski definition) is 0. The van der Waals surface area contributed by atoms with Gasteiger partial charge in [-0.1, -0.05) is 0 Å². The van der Waals surface area contributed by atoms with Crippen molar-refractivity contribution in [3.05, 3.63) is 0 Å². The van der Waals surface area contributed by atoms with Gasteiger partial charge in [-0.3, -0.25) is 0 Å². The summed E-state index contributed by atoms with van der Waals surface area (Å²) in [4.78, 5) is 0.589. The first kappa shape index (κ1) is 44.2. The van der Waals surface area contributed by atoms with Crippen LogP contribution in [0.15, 0.2) is 9.79 Å². The molecule has 262 valence electrons. The van der Waals surface area contributed by atoms with E-state index in [4.69, 9.17) is 0 Å². The molecule has 0 saturated heterocycles. The number of sulfone groups is 2. The molecule has 0 fully saturated rings. The van der Waals surface area contributed by atoms with Crippen LogP contribution >= 0.6 is 11.3 Å².